The number of benzene rings is 2. The molecule has 9 heteroatoms. The van der Waals surface area contributed by atoms with E-state index in [0.29, 0.717) is 42.9 Å². The molecule has 1 fully saturated rings. The molecule has 0 spiro atoms. The topological polar surface area (TPSA) is 83.1 Å². The Morgan fingerprint density at radius 3 is 2.76 bits per heavy atom. The van der Waals surface area contributed by atoms with E-state index in [4.69, 9.17) is 27.6 Å². The highest BCUT2D eigenvalue weighted by Crippen LogP contribution is 2.36. The van der Waals surface area contributed by atoms with Crippen LogP contribution in [-0.4, -0.2) is 33.6 Å². The molecule has 0 radical (unpaired) electrons. The van der Waals surface area contributed by atoms with E-state index >= 15 is 0 Å². The molecule has 2 aromatic carbocycles. The second kappa shape index (κ2) is 9.70. The van der Waals surface area contributed by atoms with Crippen LogP contribution in [0.25, 0.3) is 17.4 Å². The van der Waals surface area contributed by atoms with Gasteiger partial charge in [0.1, 0.15) is 11.5 Å². The van der Waals surface area contributed by atoms with Crippen molar-refractivity contribution in [2.45, 2.75) is 0 Å². The first-order valence-corrected chi connectivity index (χ1v) is 11.2. The fourth-order valence-electron chi connectivity index (χ4n) is 3.09. The van der Waals surface area contributed by atoms with E-state index in [1.54, 1.807) is 54.6 Å². The van der Waals surface area contributed by atoms with Gasteiger partial charge in [0, 0.05) is 23.2 Å². The van der Waals surface area contributed by atoms with Gasteiger partial charge in [-0.15, -0.1) is 6.58 Å². The standard InChI is InChI=1S/C24H16Cl2N2O4S/c1-2-10-28-22(29)21(33-24(28)27-16-5-3-4-14(11-16)23(30)31)13-17-7-9-20(32-17)18-12-15(25)6-8-19(18)26/h2-9,11-13H,1,10H2,(H,30,31)/b21-13+,27-24?. The van der Waals surface area contributed by atoms with Crippen LogP contribution in [0.4, 0.5) is 5.69 Å². The zero-order chi connectivity index (χ0) is 23.5. The minimum absolute atomic E-state index is 0.111. The Balaban J connectivity index is 1.65. The van der Waals surface area contributed by atoms with Gasteiger partial charge in [0.25, 0.3) is 5.91 Å². The largest absolute Gasteiger partial charge is 0.478 e. The number of thioether (sulfide) groups is 1. The Kier molecular flexibility index (Phi) is 6.74. The van der Waals surface area contributed by atoms with Crippen molar-refractivity contribution in [2.75, 3.05) is 6.54 Å². The molecule has 1 amide bonds. The molecule has 4 rings (SSSR count). The lowest BCUT2D eigenvalue weighted by Gasteiger charge is -2.12. The number of amides is 1. The Hall–Kier alpha value is -3.26. The van der Waals surface area contributed by atoms with Crippen LogP contribution in [0, 0.1) is 0 Å². The number of carbonyl (C=O) groups is 2. The summed E-state index contributed by atoms with van der Waals surface area (Å²) in [4.78, 5) is 30.6. The highest BCUT2D eigenvalue weighted by molar-refractivity contribution is 8.18. The van der Waals surface area contributed by atoms with E-state index in [0.717, 1.165) is 0 Å². The van der Waals surface area contributed by atoms with Crippen molar-refractivity contribution in [3.63, 3.8) is 0 Å². The number of carbonyl (C=O) groups excluding carboxylic acids is 1. The number of carboxylic acid groups (broad SMARTS) is 1. The molecule has 0 saturated carbocycles. The third-order valence-corrected chi connectivity index (χ3v) is 6.18. The highest BCUT2D eigenvalue weighted by atomic mass is 35.5. The highest BCUT2D eigenvalue weighted by Gasteiger charge is 2.33. The summed E-state index contributed by atoms with van der Waals surface area (Å²) in [5.74, 6) is -0.326. The molecule has 0 unspecified atom stereocenters. The second-order valence-corrected chi connectivity index (χ2v) is 8.74. The molecule has 2 heterocycles. The first-order valence-electron chi connectivity index (χ1n) is 9.65. The van der Waals surface area contributed by atoms with Crippen molar-refractivity contribution in [3.05, 3.63) is 93.5 Å². The van der Waals surface area contributed by atoms with E-state index in [1.807, 2.05) is 0 Å². The zero-order valence-electron chi connectivity index (χ0n) is 17.0. The van der Waals surface area contributed by atoms with Gasteiger partial charge in [-0.05, 0) is 60.3 Å². The molecular formula is C24H16Cl2N2O4S. The molecule has 166 valence electrons. The van der Waals surface area contributed by atoms with Gasteiger partial charge in [-0.1, -0.05) is 35.3 Å². The Labute approximate surface area is 203 Å². The second-order valence-electron chi connectivity index (χ2n) is 6.89. The Morgan fingerprint density at radius 1 is 1.18 bits per heavy atom. The zero-order valence-corrected chi connectivity index (χ0v) is 19.3. The van der Waals surface area contributed by atoms with E-state index in [1.165, 1.54) is 28.8 Å². The molecule has 33 heavy (non-hydrogen) atoms. The minimum atomic E-state index is -1.05. The van der Waals surface area contributed by atoms with Crippen LogP contribution in [-0.2, 0) is 4.79 Å². The molecule has 1 aliphatic rings. The van der Waals surface area contributed by atoms with Crippen molar-refractivity contribution in [1.82, 2.24) is 4.90 Å². The van der Waals surface area contributed by atoms with Gasteiger partial charge in [-0.3, -0.25) is 9.69 Å². The number of halogens is 2. The average Bonchev–Trinajstić information content (AvgIpc) is 3.36. The summed E-state index contributed by atoms with van der Waals surface area (Å²) in [6, 6.07) is 14.8. The van der Waals surface area contributed by atoms with Crippen LogP contribution >= 0.6 is 35.0 Å². The summed E-state index contributed by atoms with van der Waals surface area (Å²) >= 11 is 13.5. The third-order valence-electron chi connectivity index (χ3n) is 4.61. The number of carboxylic acids is 1. The number of hydrogen-bond acceptors (Lipinski definition) is 5. The number of hydrogen-bond donors (Lipinski definition) is 1. The SMILES string of the molecule is C=CCN1C(=O)/C(=C\c2ccc(-c3cc(Cl)ccc3Cl)o2)SC1=Nc1cccc(C(=O)O)c1. The van der Waals surface area contributed by atoms with Gasteiger partial charge in [0.2, 0.25) is 0 Å². The summed E-state index contributed by atoms with van der Waals surface area (Å²) in [5, 5.41) is 10.6. The molecule has 1 saturated heterocycles. The third kappa shape index (κ3) is 5.06. The van der Waals surface area contributed by atoms with Gasteiger partial charge < -0.3 is 9.52 Å². The molecule has 0 bridgehead atoms. The van der Waals surface area contributed by atoms with Crippen molar-refractivity contribution >= 4 is 63.8 Å². The van der Waals surface area contributed by atoms with Crippen LogP contribution in [0.15, 0.2) is 81.6 Å². The first kappa shape index (κ1) is 22.9. The number of aliphatic imine (C=N–C) groups is 1. The van der Waals surface area contributed by atoms with Crippen molar-refractivity contribution in [1.29, 1.82) is 0 Å². The monoisotopic (exact) mass is 498 g/mol. The van der Waals surface area contributed by atoms with Gasteiger partial charge in [0.15, 0.2) is 5.17 Å². The van der Waals surface area contributed by atoms with E-state index in [2.05, 4.69) is 11.6 Å². The number of aromatic carboxylic acids is 1. The number of nitrogens with zero attached hydrogens (tertiary/aromatic N) is 2. The maximum Gasteiger partial charge on any atom is 0.335 e. The van der Waals surface area contributed by atoms with Gasteiger partial charge in [0.05, 0.1) is 21.2 Å². The van der Waals surface area contributed by atoms with Crippen molar-refractivity contribution in [2.24, 2.45) is 4.99 Å². The van der Waals surface area contributed by atoms with Gasteiger partial charge in [-0.2, -0.15) is 0 Å². The molecule has 6 nitrogen and oxygen atoms in total. The lowest BCUT2D eigenvalue weighted by atomic mass is 10.2. The van der Waals surface area contributed by atoms with Crippen LogP contribution in [0.3, 0.4) is 0 Å². The molecule has 1 aliphatic heterocycles. The lowest BCUT2D eigenvalue weighted by molar-refractivity contribution is -0.121. The fraction of sp³-hybridized carbons (Fsp3) is 0.0417. The van der Waals surface area contributed by atoms with Gasteiger partial charge in [-0.25, -0.2) is 9.79 Å². The van der Waals surface area contributed by atoms with Crippen LogP contribution in [0.5, 0.6) is 0 Å². The molecule has 1 N–H and O–H groups in total. The normalized spacial score (nSPS) is 16.1. The summed E-state index contributed by atoms with van der Waals surface area (Å²) in [6.45, 7) is 3.95. The van der Waals surface area contributed by atoms with E-state index in [9.17, 15) is 14.7 Å². The van der Waals surface area contributed by atoms with Crippen molar-refractivity contribution < 1.29 is 19.1 Å². The smallest absolute Gasteiger partial charge is 0.335 e. The van der Waals surface area contributed by atoms with Crippen LogP contribution in [0.2, 0.25) is 10.0 Å². The Bertz CT molecular complexity index is 1330. The molecule has 0 atom stereocenters. The number of amidine groups is 1. The lowest BCUT2D eigenvalue weighted by Crippen LogP contribution is -2.29. The summed E-state index contributed by atoms with van der Waals surface area (Å²) in [5.41, 5.74) is 1.18. The Morgan fingerprint density at radius 2 is 2.00 bits per heavy atom. The minimum Gasteiger partial charge on any atom is -0.478 e. The van der Waals surface area contributed by atoms with Crippen LogP contribution < -0.4 is 0 Å². The first-order chi connectivity index (χ1) is 15.9. The quantitative estimate of drug-likeness (QED) is 0.300. The summed E-state index contributed by atoms with van der Waals surface area (Å²) in [6.07, 6.45) is 3.22. The average molecular weight is 499 g/mol. The van der Waals surface area contributed by atoms with Gasteiger partial charge >= 0.3 is 5.97 Å². The fourth-order valence-corrected chi connectivity index (χ4v) is 4.46. The van der Waals surface area contributed by atoms with Crippen LogP contribution in [0.1, 0.15) is 16.1 Å². The predicted molar refractivity (Wildman–Crippen MR) is 132 cm³/mol. The van der Waals surface area contributed by atoms with E-state index in [-0.39, 0.29) is 18.0 Å². The summed E-state index contributed by atoms with van der Waals surface area (Å²) in [7, 11) is 0. The number of furan rings is 1. The molecule has 1 aromatic heterocycles. The molecule has 3 aromatic rings. The molecule has 0 aliphatic carbocycles. The maximum atomic E-state index is 13.0. The molecular weight excluding hydrogens is 483 g/mol. The maximum absolute atomic E-state index is 13.0. The van der Waals surface area contributed by atoms with E-state index < -0.39 is 5.97 Å². The summed E-state index contributed by atoms with van der Waals surface area (Å²) < 4.78 is 5.88. The predicted octanol–water partition coefficient (Wildman–Crippen LogP) is 6.74. The van der Waals surface area contributed by atoms with Crippen molar-refractivity contribution in [3.8, 4) is 11.3 Å². The number of rotatable bonds is 6.